The van der Waals surface area contributed by atoms with E-state index in [0.717, 1.165) is 17.1 Å². The molecule has 1 aromatic carbocycles. The first-order valence-electron chi connectivity index (χ1n) is 5.58. The van der Waals surface area contributed by atoms with Gasteiger partial charge in [0.15, 0.2) is 11.5 Å². The van der Waals surface area contributed by atoms with E-state index in [2.05, 4.69) is 10.6 Å². The number of carbonyl (C=O) groups is 1. The SMILES string of the molecule is CC(C)NC(=O)NCc1ccc2c(c1)OCO2. The monoisotopic (exact) mass is 236 g/mol. The van der Waals surface area contributed by atoms with Gasteiger partial charge in [0.2, 0.25) is 6.79 Å². The fourth-order valence-electron chi connectivity index (χ4n) is 1.55. The molecule has 1 aliphatic heterocycles. The number of benzene rings is 1. The lowest BCUT2D eigenvalue weighted by molar-refractivity contribution is 0.174. The number of nitrogens with one attached hydrogen (secondary N) is 2. The normalized spacial score (nSPS) is 12.6. The first-order valence-corrected chi connectivity index (χ1v) is 5.58. The van der Waals surface area contributed by atoms with Gasteiger partial charge in [0.25, 0.3) is 0 Å². The van der Waals surface area contributed by atoms with Gasteiger partial charge < -0.3 is 20.1 Å². The van der Waals surface area contributed by atoms with Crippen LogP contribution in [0.15, 0.2) is 18.2 Å². The first kappa shape index (κ1) is 11.6. The molecular formula is C12H16N2O3. The lowest BCUT2D eigenvalue weighted by Crippen LogP contribution is -2.39. The van der Waals surface area contributed by atoms with Crippen LogP contribution in [0.2, 0.25) is 0 Å². The Hall–Kier alpha value is -1.91. The number of ether oxygens (including phenoxy) is 2. The highest BCUT2D eigenvalue weighted by Crippen LogP contribution is 2.32. The molecule has 17 heavy (non-hydrogen) atoms. The van der Waals surface area contributed by atoms with Crippen LogP contribution in [0.1, 0.15) is 19.4 Å². The van der Waals surface area contributed by atoms with E-state index in [1.807, 2.05) is 32.0 Å². The maximum Gasteiger partial charge on any atom is 0.315 e. The van der Waals surface area contributed by atoms with Crippen LogP contribution in [-0.4, -0.2) is 18.9 Å². The van der Waals surface area contributed by atoms with Crippen molar-refractivity contribution in [3.8, 4) is 11.5 Å². The largest absolute Gasteiger partial charge is 0.454 e. The van der Waals surface area contributed by atoms with E-state index in [4.69, 9.17) is 9.47 Å². The van der Waals surface area contributed by atoms with E-state index in [1.165, 1.54) is 0 Å². The average Bonchev–Trinajstić information content (AvgIpc) is 2.72. The zero-order valence-electron chi connectivity index (χ0n) is 9.95. The maximum atomic E-state index is 11.4. The van der Waals surface area contributed by atoms with Gasteiger partial charge in [-0.2, -0.15) is 0 Å². The van der Waals surface area contributed by atoms with E-state index in [1.54, 1.807) is 0 Å². The van der Waals surface area contributed by atoms with Crippen molar-refractivity contribution >= 4 is 6.03 Å². The van der Waals surface area contributed by atoms with Crippen LogP contribution in [0.4, 0.5) is 4.79 Å². The summed E-state index contributed by atoms with van der Waals surface area (Å²) in [4.78, 5) is 11.4. The zero-order chi connectivity index (χ0) is 12.3. The number of hydrogen-bond acceptors (Lipinski definition) is 3. The molecule has 1 aromatic rings. The van der Waals surface area contributed by atoms with Gasteiger partial charge in [-0.05, 0) is 31.5 Å². The maximum absolute atomic E-state index is 11.4. The Labute approximate surface area is 100 Å². The summed E-state index contributed by atoms with van der Waals surface area (Å²) in [6, 6.07) is 5.59. The lowest BCUT2D eigenvalue weighted by Gasteiger charge is -2.10. The molecule has 1 aliphatic rings. The predicted molar refractivity (Wildman–Crippen MR) is 63.1 cm³/mol. The zero-order valence-corrected chi connectivity index (χ0v) is 9.95. The second-order valence-electron chi connectivity index (χ2n) is 4.17. The molecule has 0 aliphatic carbocycles. The first-order chi connectivity index (χ1) is 8.15. The van der Waals surface area contributed by atoms with Crippen LogP contribution in [0.25, 0.3) is 0 Å². The van der Waals surface area contributed by atoms with Gasteiger partial charge in [-0.1, -0.05) is 6.07 Å². The third kappa shape index (κ3) is 3.03. The van der Waals surface area contributed by atoms with Gasteiger partial charge >= 0.3 is 6.03 Å². The lowest BCUT2D eigenvalue weighted by atomic mass is 10.2. The standard InChI is InChI=1S/C12H16N2O3/c1-8(2)14-12(15)13-6-9-3-4-10-11(5-9)17-7-16-10/h3-5,8H,6-7H2,1-2H3,(H2,13,14,15). The van der Waals surface area contributed by atoms with Crippen molar-refractivity contribution in [1.29, 1.82) is 0 Å². The molecule has 0 atom stereocenters. The summed E-state index contributed by atoms with van der Waals surface area (Å²) >= 11 is 0. The molecule has 5 heteroatoms. The third-order valence-electron chi connectivity index (χ3n) is 2.31. The Kier molecular flexibility index (Phi) is 3.37. The molecule has 0 unspecified atom stereocenters. The van der Waals surface area contributed by atoms with E-state index in [0.29, 0.717) is 6.54 Å². The number of amides is 2. The van der Waals surface area contributed by atoms with E-state index >= 15 is 0 Å². The molecule has 0 fully saturated rings. The third-order valence-corrected chi connectivity index (χ3v) is 2.31. The highest BCUT2D eigenvalue weighted by molar-refractivity contribution is 5.74. The van der Waals surface area contributed by atoms with E-state index in [-0.39, 0.29) is 18.9 Å². The Morgan fingerprint density at radius 1 is 1.35 bits per heavy atom. The summed E-state index contributed by atoms with van der Waals surface area (Å²) < 4.78 is 10.5. The van der Waals surface area contributed by atoms with Crippen molar-refractivity contribution < 1.29 is 14.3 Å². The van der Waals surface area contributed by atoms with Gasteiger partial charge in [0.1, 0.15) is 0 Å². The summed E-state index contributed by atoms with van der Waals surface area (Å²) in [5.41, 5.74) is 0.980. The van der Waals surface area contributed by atoms with Crippen molar-refractivity contribution in [2.75, 3.05) is 6.79 Å². The molecule has 1 heterocycles. The fraction of sp³-hybridized carbons (Fsp3) is 0.417. The minimum Gasteiger partial charge on any atom is -0.454 e. The van der Waals surface area contributed by atoms with Crippen LogP contribution in [0.5, 0.6) is 11.5 Å². The molecule has 92 valence electrons. The van der Waals surface area contributed by atoms with E-state index < -0.39 is 0 Å². The van der Waals surface area contributed by atoms with Gasteiger partial charge in [0.05, 0.1) is 0 Å². The summed E-state index contributed by atoms with van der Waals surface area (Å²) in [6.07, 6.45) is 0. The number of fused-ring (bicyclic) bond motifs is 1. The molecule has 2 amide bonds. The summed E-state index contributed by atoms with van der Waals surface area (Å²) in [5, 5.41) is 5.53. The molecule has 5 nitrogen and oxygen atoms in total. The number of urea groups is 1. The molecular weight excluding hydrogens is 220 g/mol. The van der Waals surface area contributed by atoms with Crippen molar-refractivity contribution in [3.63, 3.8) is 0 Å². The highest BCUT2D eigenvalue weighted by atomic mass is 16.7. The second-order valence-corrected chi connectivity index (χ2v) is 4.17. The number of rotatable bonds is 3. The Bertz CT molecular complexity index is 418. The van der Waals surface area contributed by atoms with E-state index in [9.17, 15) is 4.79 Å². The van der Waals surface area contributed by atoms with Crippen molar-refractivity contribution in [2.24, 2.45) is 0 Å². The van der Waals surface area contributed by atoms with Gasteiger partial charge in [-0.25, -0.2) is 4.79 Å². The Morgan fingerprint density at radius 2 is 2.12 bits per heavy atom. The van der Waals surface area contributed by atoms with Crippen molar-refractivity contribution in [2.45, 2.75) is 26.4 Å². The van der Waals surface area contributed by atoms with Crippen LogP contribution in [-0.2, 0) is 6.54 Å². The highest BCUT2D eigenvalue weighted by Gasteiger charge is 2.13. The molecule has 0 radical (unpaired) electrons. The molecule has 0 aromatic heterocycles. The summed E-state index contributed by atoms with van der Waals surface area (Å²) in [7, 11) is 0. The molecule has 0 saturated carbocycles. The molecule has 0 saturated heterocycles. The minimum atomic E-state index is -0.169. The van der Waals surface area contributed by atoms with Gasteiger partial charge in [0, 0.05) is 12.6 Å². The minimum absolute atomic E-state index is 0.131. The Morgan fingerprint density at radius 3 is 2.88 bits per heavy atom. The average molecular weight is 236 g/mol. The van der Waals surface area contributed by atoms with Crippen LogP contribution in [0.3, 0.4) is 0 Å². The fourth-order valence-corrected chi connectivity index (χ4v) is 1.55. The Balaban J connectivity index is 1.89. The summed E-state index contributed by atoms with van der Waals surface area (Å²) in [5.74, 6) is 1.48. The molecule has 2 N–H and O–H groups in total. The topological polar surface area (TPSA) is 59.6 Å². The second kappa shape index (κ2) is 4.95. The van der Waals surface area contributed by atoms with Crippen LogP contribution in [0, 0.1) is 0 Å². The summed E-state index contributed by atoms with van der Waals surface area (Å²) in [6.45, 7) is 4.57. The molecule has 2 rings (SSSR count). The smallest absolute Gasteiger partial charge is 0.315 e. The van der Waals surface area contributed by atoms with Crippen LogP contribution < -0.4 is 20.1 Å². The van der Waals surface area contributed by atoms with Crippen molar-refractivity contribution in [3.05, 3.63) is 23.8 Å². The quantitative estimate of drug-likeness (QED) is 0.838. The van der Waals surface area contributed by atoms with Crippen LogP contribution >= 0.6 is 0 Å². The predicted octanol–water partition coefficient (Wildman–Crippen LogP) is 1.62. The molecule has 0 spiro atoms. The van der Waals surface area contributed by atoms with Gasteiger partial charge in [-0.15, -0.1) is 0 Å². The molecule has 0 bridgehead atoms. The van der Waals surface area contributed by atoms with Crippen molar-refractivity contribution in [1.82, 2.24) is 10.6 Å². The van der Waals surface area contributed by atoms with Gasteiger partial charge in [-0.3, -0.25) is 0 Å². The number of hydrogen-bond donors (Lipinski definition) is 2. The number of carbonyl (C=O) groups excluding carboxylic acids is 1.